The van der Waals surface area contributed by atoms with Crippen LogP contribution in [-0.4, -0.2) is 29.6 Å². The Morgan fingerprint density at radius 1 is 1.44 bits per heavy atom. The van der Waals surface area contributed by atoms with Gasteiger partial charge in [0.15, 0.2) is 0 Å². The lowest BCUT2D eigenvalue weighted by atomic mass is 9.98. The Labute approximate surface area is 96.9 Å². The fourth-order valence-electron chi connectivity index (χ4n) is 1.99. The van der Waals surface area contributed by atoms with E-state index in [4.69, 9.17) is 5.73 Å². The summed E-state index contributed by atoms with van der Waals surface area (Å²) in [6, 6.07) is 0.279. The maximum Gasteiger partial charge on any atom is 0.225 e. The Morgan fingerprint density at radius 2 is 2.19 bits per heavy atom. The van der Waals surface area contributed by atoms with Gasteiger partial charge in [-0.15, -0.1) is 0 Å². The van der Waals surface area contributed by atoms with E-state index in [0.717, 1.165) is 18.8 Å². The van der Waals surface area contributed by atoms with Gasteiger partial charge in [0.25, 0.3) is 0 Å². The summed E-state index contributed by atoms with van der Waals surface area (Å²) in [5.74, 6) is 0.804. The third-order valence-corrected chi connectivity index (χ3v) is 3.37. The number of likely N-dealkylation sites (N-methyl/N-ethyl adjacent to an activating group) is 1. The Hall–Kier alpha value is -1.16. The molecule has 0 bridgehead atoms. The van der Waals surface area contributed by atoms with E-state index in [9.17, 15) is 0 Å². The molecule has 0 amide bonds. The van der Waals surface area contributed by atoms with Gasteiger partial charge in [-0.05, 0) is 38.2 Å². The molecule has 1 atom stereocenters. The minimum Gasteiger partial charge on any atom is -0.340 e. The third-order valence-electron chi connectivity index (χ3n) is 3.37. The van der Waals surface area contributed by atoms with Crippen LogP contribution in [0.25, 0.3) is 0 Å². The molecule has 4 heteroatoms. The van der Waals surface area contributed by atoms with Crippen molar-refractivity contribution >= 4 is 5.95 Å². The molecule has 0 spiro atoms. The summed E-state index contributed by atoms with van der Waals surface area (Å²) in [5, 5.41) is 0. The van der Waals surface area contributed by atoms with Crippen LogP contribution >= 0.6 is 0 Å². The molecule has 88 valence electrons. The molecule has 2 rings (SSSR count). The number of aryl methyl sites for hydroxylation is 2. The zero-order valence-corrected chi connectivity index (χ0v) is 10.1. The van der Waals surface area contributed by atoms with Crippen molar-refractivity contribution in [2.24, 2.45) is 5.73 Å². The molecule has 0 radical (unpaired) electrons. The predicted molar refractivity (Wildman–Crippen MR) is 65.6 cm³/mol. The van der Waals surface area contributed by atoms with Gasteiger partial charge in [-0.2, -0.15) is 0 Å². The molecule has 1 unspecified atom stereocenters. The molecule has 0 saturated carbocycles. The predicted octanol–water partition coefficient (Wildman–Crippen LogP) is 1.14. The number of nitrogens with zero attached hydrogens (tertiary/aromatic N) is 3. The number of rotatable bonds is 3. The molecular weight excluding hydrogens is 200 g/mol. The van der Waals surface area contributed by atoms with E-state index in [0.29, 0.717) is 6.54 Å². The van der Waals surface area contributed by atoms with Crippen molar-refractivity contribution < 1.29 is 0 Å². The number of hydrogen-bond donors (Lipinski definition) is 1. The first kappa shape index (κ1) is 11.3. The summed E-state index contributed by atoms with van der Waals surface area (Å²) >= 11 is 0. The zero-order chi connectivity index (χ0) is 11.5. The number of aromatic nitrogens is 2. The van der Waals surface area contributed by atoms with E-state index in [-0.39, 0.29) is 6.04 Å². The molecule has 1 heterocycles. The van der Waals surface area contributed by atoms with Crippen LogP contribution in [0.15, 0.2) is 6.20 Å². The van der Waals surface area contributed by atoms with Crippen LogP contribution in [0, 0.1) is 0 Å². The van der Waals surface area contributed by atoms with Crippen molar-refractivity contribution in [2.75, 3.05) is 18.5 Å². The average molecular weight is 220 g/mol. The van der Waals surface area contributed by atoms with Gasteiger partial charge in [-0.1, -0.05) is 0 Å². The van der Waals surface area contributed by atoms with Crippen LogP contribution < -0.4 is 10.6 Å². The first-order valence-electron chi connectivity index (χ1n) is 6.00. The fourth-order valence-corrected chi connectivity index (χ4v) is 1.99. The fraction of sp³-hybridized carbons (Fsp3) is 0.667. The van der Waals surface area contributed by atoms with Crippen molar-refractivity contribution in [3.63, 3.8) is 0 Å². The third kappa shape index (κ3) is 2.16. The molecule has 1 aliphatic rings. The highest BCUT2D eigenvalue weighted by molar-refractivity contribution is 5.34. The van der Waals surface area contributed by atoms with Gasteiger partial charge in [0, 0.05) is 31.5 Å². The summed E-state index contributed by atoms with van der Waals surface area (Å²) in [7, 11) is 2.00. The SMILES string of the molecule is CC(CN)N(C)c1ncc2c(n1)CCCC2. The Balaban J connectivity index is 2.22. The van der Waals surface area contributed by atoms with Crippen molar-refractivity contribution in [1.29, 1.82) is 0 Å². The Morgan fingerprint density at radius 3 is 2.94 bits per heavy atom. The standard InChI is InChI=1S/C12H20N4/c1-9(7-13)16(2)12-14-8-10-5-3-4-6-11(10)15-12/h8-9H,3-7,13H2,1-2H3. The van der Waals surface area contributed by atoms with E-state index in [2.05, 4.69) is 21.8 Å². The van der Waals surface area contributed by atoms with Crippen molar-refractivity contribution in [1.82, 2.24) is 9.97 Å². The lowest BCUT2D eigenvalue weighted by Gasteiger charge is -2.25. The average Bonchev–Trinajstić information content (AvgIpc) is 2.36. The molecule has 2 N–H and O–H groups in total. The van der Waals surface area contributed by atoms with Crippen LogP contribution in [0.4, 0.5) is 5.95 Å². The smallest absolute Gasteiger partial charge is 0.225 e. The first-order valence-corrected chi connectivity index (χ1v) is 6.00. The van der Waals surface area contributed by atoms with Gasteiger partial charge in [0.2, 0.25) is 5.95 Å². The van der Waals surface area contributed by atoms with Gasteiger partial charge in [-0.3, -0.25) is 0 Å². The Bertz CT molecular complexity index is 364. The summed E-state index contributed by atoms with van der Waals surface area (Å²) in [5.41, 5.74) is 8.20. The van der Waals surface area contributed by atoms with Gasteiger partial charge in [0.1, 0.15) is 0 Å². The summed E-state index contributed by atoms with van der Waals surface area (Å²) < 4.78 is 0. The summed E-state index contributed by atoms with van der Waals surface area (Å²) in [6.07, 6.45) is 6.72. The number of nitrogens with two attached hydrogens (primary N) is 1. The van der Waals surface area contributed by atoms with E-state index < -0.39 is 0 Å². The zero-order valence-electron chi connectivity index (χ0n) is 10.1. The van der Waals surface area contributed by atoms with E-state index >= 15 is 0 Å². The molecule has 0 aromatic carbocycles. The molecule has 1 aliphatic carbocycles. The van der Waals surface area contributed by atoms with Crippen molar-refractivity contribution in [3.05, 3.63) is 17.5 Å². The lowest BCUT2D eigenvalue weighted by molar-refractivity contribution is 0.642. The van der Waals surface area contributed by atoms with Crippen LogP contribution in [0.3, 0.4) is 0 Å². The highest BCUT2D eigenvalue weighted by Crippen LogP contribution is 2.20. The minimum absolute atomic E-state index is 0.279. The first-order chi connectivity index (χ1) is 7.72. The molecular formula is C12H20N4. The normalized spacial score (nSPS) is 16.7. The summed E-state index contributed by atoms with van der Waals surface area (Å²) in [4.78, 5) is 11.1. The van der Waals surface area contributed by atoms with Crippen molar-refractivity contribution in [3.8, 4) is 0 Å². The summed E-state index contributed by atoms with van der Waals surface area (Å²) in [6.45, 7) is 2.71. The van der Waals surface area contributed by atoms with Gasteiger partial charge < -0.3 is 10.6 Å². The molecule has 0 saturated heterocycles. The number of fused-ring (bicyclic) bond motifs is 1. The second-order valence-electron chi connectivity index (χ2n) is 4.54. The Kier molecular flexibility index (Phi) is 3.39. The molecule has 1 aromatic heterocycles. The van der Waals surface area contributed by atoms with Crippen LogP contribution in [0.5, 0.6) is 0 Å². The quantitative estimate of drug-likeness (QED) is 0.830. The number of hydrogen-bond acceptors (Lipinski definition) is 4. The van der Waals surface area contributed by atoms with Gasteiger partial charge in [-0.25, -0.2) is 9.97 Å². The van der Waals surface area contributed by atoms with Crippen LogP contribution in [0.2, 0.25) is 0 Å². The molecule has 0 fully saturated rings. The minimum atomic E-state index is 0.279. The van der Waals surface area contributed by atoms with Gasteiger partial charge >= 0.3 is 0 Å². The molecule has 16 heavy (non-hydrogen) atoms. The second-order valence-corrected chi connectivity index (χ2v) is 4.54. The molecule has 1 aromatic rings. The van der Waals surface area contributed by atoms with Crippen LogP contribution in [-0.2, 0) is 12.8 Å². The van der Waals surface area contributed by atoms with E-state index in [1.807, 2.05) is 13.2 Å². The largest absolute Gasteiger partial charge is 0.340 e. The lowest BCUT2D eigenvalue weighted by Crippen LogP contribution is -2.36. The van der Waals surface area contributed by atoms with E-state index in [1.54, 1.807) is 0 Å². The van der Waals surface area contributed by atoms with Crippen molar-refractivity contribution in [2.45, 2.75) is 38.6 Å². The maximum absolute atomic E-state index is 5.65. The second kappa shape index (κ2) is 4.78. The molecule has 4 nitrogen and oxygen atoms in total. The molecule has 0 aliphatic heterocycles. The van der Waals surface area contributed by atoms with Crippen LogP contribution in [0.1, 0.15) is 31.0 Å². The monoisotopic (exact) mass is 220 g/mol. The number of anilines is 1. The highest BCUT2D eigenvalue weighted by atomic mass is 15.3. The maximum atomic E-state index is 5.65. The van der Waals surface area contributed by atoms with Gasteiger partial charge in [0.05, 0.1) is 0 Å². The highest BCUT2D eigenvalue weighted by Gasteiger charge is 2.15. The van der Waals surface area contributed by atoms with E-state index in [1.165, 1.54) is 24.1 Å². The topological polar surface area (TPSA) is 55.0 Å².